The van der Waals surface area contributed by atoms with Gasteiger partial charge in [-0.2, -0.15) is 0 Å². The number of carboxylic acid groups (broad SMARTS) is 1. The molecule has 34 heavy (non-hydrogen) atoms. The van der Waals surface area contributed by atoms with Crippen molar-refractivity contribution in [1.29, 1.82) is 0 Å². The molecule has 8 heteroatoms. The summed E-state index contributed by atoms with van der Waals surface area (Å²) in [7, 11) is 0. The highest BCUT2D eigenvalue weighted by Gasteiger charge is 2.46. The Morgan fingerprint density at radius 3 is 2.24 bits per heavy atom. The molecule has 3 N–H and O–H groups in total. The zero-order valence-electron chi connectivity index (χ0n) is 22.7. The van der Waals surface area contributed by atoms with Gasteiger partial charge in [0.05, 0.1) is 13.0 Å². The summed E-state index contributed by atoms with van der Waals surface area (Å²) in [5.41, 5.74) is -0.739. The lowest BCUT2D eigenvalue weighted by Gasteiger charge is -2.45. The van der Waals surface area contributed by atoms with E-state index < -0.39 is 29.3 Å². The van der Waals surface area contributed by atoms with E-state index in [9.17, 15) is 19.5 Å². The van der Waals surface area contributed by atoms with Gasteiger partial charge in [0.2, 0.25) is 11.8 Å². The minimum Gasteiger partial charge on any atom is -0.481 e. The summed E-state index contributed by atoms with van der Waals surface area (Å²) in [6.07, 6.45) is 3.29. The number of rotatable bonds is 12. The maximum atomic E-state index is 13.1. The van der Waals surface area contributed by atoms with Gasteiger partial charge in [0, 0.05) is 23.4 Å². The summed E-state index contributed by atoms with van der Waals surface area (Å²) < 4.78 is 11.6. The molecule has 4 atom stereocenters. The van der Waals surface area contributed by atoms with Crippen molar-refractivity contribution in [2.24, 2.45) is 16.7 Å². The van der Waals surface area contributed by atoms with Gasteiger partial charge in [-0.1, -0.05) is 60.8 Å². The van der Waals surface area contributed by atoms with Crippen LogP contribution in [0, 0.1) is 16.7 Å². The molecule has 1 heterocycles. The van der Waals surface area contributed by atoms with Gasteiger partial charge >= 0.3 is 5.97 Å². The van der Waals surface area contributed by atoms with Gasteiger partial charge in [-0.3, -0.25) is 14.4 Å². The summed E-state index contributed by atoms with van der Waals surface area (Å²) >= 11 is 0. The minimum atomic E-state index is -1.01. The highest BCUT2D eigenvalue weighted by Crippen LogP contribution is 2.35. The number of carbonyl (C=O) groups excluding carboxylic acids is 2. The maximum Gasteiger partial charge on any atom is 0.305 e. The lowest BCUT2D eigenvalue weighted by atomic mass is 9.77. The van der Waals surface area contributed by atoms with E-state index in [0.717, 1.165) is 25.7 Å². The molecule has 0 saturated carbocycles. The average molecular weight is 485 g/mol. The van der Waals surface area contributed by atoms with Crippen molar-refractivity contribution >= 4 is 17.8 Å². The molecule has 0 aliphatic carbocycles. The second-order valence-corrected chi connectivity index (χ2v) is 12.0. The van der Waals surface area contributed by atoms with E-state index in [2.05, 4.69) is 38.3 Å². The molecule has 1 rings (SSSR count). The van der Waals surface area contributed by atoms with E-state index in [0.29, 0.717) is 13.0 Å². The van der Waals surface area contributed by atoms with E-state index in [-0.39, 0.29) is 35.6 Å². The fourth-order valence-corrected chi connectivity index (χ4v) is 4.39. The zero-order chi connectivity index (χ0) is 26.3. The smallest absolute Gasteiger partial charge is 0.305 e. The molecule has 0 spiro atoms. The first-order valence-corrected chi connectivity index (χ1v) is 12.6. The third-order valence-corrected chi connectivity index (χ3v) is 6.39. The van der Waals surface area contributed by atoms with Crippen molar-refractivity contribution in [3.8, 4) is 0 Å². The lowest BCUT2D eigenvalue weighted by Crippen LogP contribution is -2.58. The van der Waals surface area contributed by atoms with Crippen LogP contribution in [0.1, 0.15) is 101 Å². The number of unbranched alkanes of at least 4 members (excludes halogenated alkanes) is 2. The Morgan fingerprint density at radius 2 is 1.71 bits per heavy atom. The molecule has 8 nitrogen and oxygen atoms in total. The Balaban J connectivity index is 2.86. The van der Waals surface area contributed by atoms with Crippen LogP contribution in [0.2, 0.25) is 0 Å². The molecular weight excluding hydrogens is 436 g/mol. The Bertz CT molecular complexity index is 698. The number of aliphatic carboxylic acids is 1. The summed E-state index contributed by atoms with van der Waals surface area (Å²) in [4.78, 5) is 37.7. The monoisotopic (exact) mass is 484 g/mol. The number of hydrogen-bond acceptors (Lipinski definition) is 5. The summed E-state index contributed by atoms with van der Waals surface area (Å²) in [5, 5.41) is 15.3. The van der Waals surface area contributed by atoms with E-state index in [1.807, 2.05) is 20.8 Å². The molecule has 1 fully saturated rings. The van der Waals surface area contributed by atoms with Gasteiger partial charge in [0.25, 0.3) is 0 Å². The summed E-state index contributed by atoms with van der Waals surface area (Å²) in [6, 6.07) is -0.938. The van der Waals surface area contributed by atoms with Crippen molar-refractivity contribution in [3.63, 3.8) is 0 Å². The van der Waals surface area contributed by atoms with E-state index in [1.165, 1.54) is 0 Å². The summed E-state index contributed by atoms with van der Waals surface area (Å²) in [5.74, 6) is -2.43. The van der Waals surface area contributed by atoms with E-state index in [4.69, 9.17) is 9.47 Å². The van der Waals surface area contributed by atoms with Gasteiger partial charge in [-0.25, -0.2) is 0 Å². The van der Waals surface area contributed by atoms with Gasteiger partial charge in [-0.05, 0) is 39.0 Å². The topological polar surface area (TPSA) is 114 Å². The quantitative estimate of drug-likeness (QED) is 0.357. The number of carbonyl (C=O) groups is 3. The first-order valence-electron chi connectivity index (χ1n) is 12.6. The molecule has 0 aromatic heterocycles. The Hall–Kier alpha value is -1.67. The van der Waals surface area contributed by atoms with Crippen LogP contribution in [0.3, 0.4) is 0 Å². The van der Waals surface area contributed by atoms with Crippen LogP contribution in [-0.2, 0) is 23.9 Å². The molecule has 1 aliphatic heterocycles. The van der Waals surface area contributed by atoms with Crippen molar-refractivity contribution in [1.82, 2.24) is 10.6 Å². The van der Waals surface area contributed by atoms with Crippen molar-refractivity contribution in [2.75, 3.05) is 6.61 Å². The Labute approximate surface area is 205 Å². The number of carboxylic acids is 1. The van der Waals surface area contributed by atoms with Gasteiger partial charge in [0.15, 0.2) is 5.79 Å². The average Bonchev–Trinajstić information content (AvgIpc) is 2.65. The third-order valence-electron chi connectivity index (χ3n) is 6.39. The zero-order valence-corrected chi connectivity index (χ0v) is 22.7. The molecule has 2 amide bonds. The molecule has 198 valence electrons. The number of amides is 2. The van der Waals surface area contributed by atoms with Crippen LogP contribution in [-0.4, -0.2) is 53.5 Å². The Kier molecular flexibility index (Phi) is 11.0. The lowest BCUT2D eigenvalue weighted by molar-refractivity contribution is -0.304. The largest absolute Gasteiger partial charge is 0.481 e. The number of ether oxygens (including phenoxy) is 2. The van der Waals surface area contributed by atoms with E-state index in [1.54, 1.807) is 13.8 Å². The molecular formula is C26H48N2O6. The first-order chi connectivity index (χ1) is 15.5. The maximum absolute atomic E-state index is 13.1. The highest BCUT2D eigenvalue weighted by atomic mass is 16.7. The van der Waals surface area contributed by atoms with E-state index >= 15 is 0 Å². The van der Waals surface area contributed by atoms with Crippen LogP contribution in [0.15, 0.2) is 0 Å². The van der Waals surface area contributed by atoms with Crippen LogP contribution in [0.4, 0.5) is 0 Å². The first kappa shape index (κ1) is 30.4. The van der Waals surface area contributed by atoms with Crippen molar-refractivity contribution < 1.29 is 29.0 Å². The highest BCUT2D eigenvalue weighted by molar-refractivity contribution is 5.83. The minimum absolute atomic E-state index is 0.0212. The van der Waals surface area contributed by atoms with Crippen LogP contribution in [0.5, 0.6) is 0 Å². The van der Waals surface area contributed by atoms with Crippen LogP contribution >= 0.6 is 0 Å². The van der Waals surface area contributed by atoms with Crippen LogP contribution < -0.4 is 10.6 Å². The van der Waals surface area contributed by atoms with Gasteiger partial charge in [0.1, 0.15) is 6.10 Å². The fraction of sp³-hybridized carbons (Fsp3) is 0.885. The standard InChI is InChI=1S/C26H48N2O6/c1-10-11-12-13-19(24(3,4)5)22(31)27-17(2)14-18(15-20(29)30)28-23(32)21-25(6,7)16-33-26(8,9)34-21/h17-19,21H,10-16H2,1-9H3,(H,27,31)(H,28,32)(H,29,30). The predicted octanol–water partition coefficient (Wildman–Crippen LogP) is 4.26. The SMILES string of the molecule is CCCCCC(C(=O)NC(C)CC(CC(=O)O)NC(=O)C1OC(C)(C)OCC1(C)C)C(C)(C)C. The second-order valence-electron chi connectivity index (χ2n) is 12.0. The van der Waals surface area contributed by atoms with Crippen LogP contribution in [0.25, 0.3) is 0 Å². The Morgan fingerprint density at radius 1 is 1.09 bits per heavy atom. The van der Waals surface area contributed by atoms with Gasteiger partial charge in [-0.15, -0.1) is 0 Å². The van der Waals surface area contributed by atoms with Crippen molar-refractivity contribution in [2.45, 2.75) is 125 Å². The summed E-state index contributed by atoms with van der Waals surface area (Å²) in [6.45, 7) is 17.8. The fourth-order valence-electron chi connectivity index (χ4n) is 4.39. The molecule has 1 saturated heterocycles. The number of hydrogen-bond donors (Lipinski definition) is 3. The van der Waals surface area contributed by atoms with Gasteiger partial charge < -0.3 is 25.2 Å². The molecule has 4 unspecified atom stereocenters. The molecule has 1 aliphatic rings. The third kappa shape index (κ3) is 9.90. The number of nitrogens with one attached hydrogen (secondary N) is 2. The predicted molar refractivity (Wildman–Crippen MR) is 132 cm³/mol. The van der Waals surface area contributed by atoms with Crippen molar-refractivity contribution in [3.05, 3.63) is 0 Å². The molecule has 0 aromatic carbocycles. The second kappa shape index (κ2) is 12.3. The normalized spacial score (nSPS) is 22.3. The molecule has 0 radical (unpaired) electrons. The molecule has 0 bridgehead atoms. The molecule has 0 aromatic rings.